The summed E-state index contributed by atoms with van der Waals surface area (Å²) in [5.74, 6) is 3.65. The molecule has 2 atom stereocenters. The number of rotatable bonds is 35. The van der Waals surface area contributed by atoms with Crippen LogP contribution in [0.4, 0.5) is 0 Å². The fourth-order valence-corrected chi connectivity index (χ4v) is 7.76. The molecule has 0 saturated carbocycles. The predicted molar refractivity (Wildman–Crippen MR) is 226 cm³/mol. The molecule has 0 aromatic carbocycles. The Morgan fingerprint density at radius 1 is 0.579 bits per heavy atom. The average molecular weight is 824 g/mol. The molecule has 0 saturated heterocycles. The molecule has 328 valence electrons. The van der Waals surface area contributed by atoms with Crippen molar-refractivity contribution in [3.8, 4) is 0 Å². The lowest BCUT2D eigenvalue weighted by molar-refractivity contribution is -0.161. The van der Waals surface area contributed by atoms with Gasteiger partial charge in [-0.05, 0) is 88.5 Å². The molecule has 12 heteroatoms. The van der Waals surface area contributed by atoms with Crippen LogP contribution in [-0.4, -0.2) is 49.3 Å². The van der Waals surface area contributed by atoms with Crippen LogP contribution in [0, 0.1) is 27.7 Å². The van der Waals surface area contributed by atoms with E-state index in [0.29, 0.717) is 12.8 Å². The number of phosphoric ester groups is 1. The quantitative estimate of drug-likeness (QED) is 0.0387. The molecule has 0 bridgehead atoms. The summed E-state index contributed by atoms with van der Waals surface area (Å²) in [5.41, 5.74) is 10.6. The second kappa shape index (κ2) is 29.7. The summed E-state index contributed by atoms with van der Waals surface area (Å²) >= 11 is 0. The first kappa shape index (κ1) is 50.7. The van der Waals surface area contributed by atoms with E-state index in [0.717, 1.165) is 113 Å². The molecule has 2 aromatic heterocycles. The highest BCUT2D eigenvalue weighted by Crippen LogP contribution is 2.43. The van der Waals surface area contributed by atoms with Gasteiger partial charge in [0.05, 0.1) is 13.2 Å². The summed E-state index contributed by atoms with van der Waals surface area (Å²) in [5, 5.41) is 0. The molecule has 2 aromatic rings. The fourth-order valence-electron chi connectivity index (χ4n) is 6.99. The molecule has 3 N–H and O–H groups in total. The molecule has 11 nitrogen and oxygen atoms in total. The van der Waals surface area contributed by atoms with Gasteiger partial charge in [-0.2, -0.15) is 0 Å². The number of phosphoric acid groups is 1. The van der Waals surface area contributed by atoms with Crippen molar-refractivity contribution in [1.29, 1.82) is 0 Å². The van der Waals surface area contributed by atoms with Gasteiger partial charge in [0.2, 0.25) is 0 Å². The number of nitrogens with two attached hydrogens (primary N) is 1. The molecule has 0 aliphatic heterocycles. The second-order valence-electron chi connectivity index (χ2n) is 15.7. The molecular formula is C45H78NO10P. The molecular weight excluding hydrogens is 745 g/mol. The van der Waals surface area contributed by atoms with E-state index >= 15 is 0 Å². The molecule has 1 unspecified atom stereocenters. The van der Waals surface area contributed by atoms with Gasteiger partial charge in [0, 0.05) is 45.1 Å². The van der Waals surface area contributed by atoms with Gasteiger partial charge >= 0.3 is 19.8 Å². The van der Waals surface area contributed by atoms with Crippen molar-refractivity contribution >= 4 is 19.8 Å². The highest BCUT2D eigenvalue weighted by molar-refractivity contribution is 7.47. The Kier molecular flexibility index (Phi) is 26.4. The van der Waals surface area contributed by atoms with Crippen molar-refractivity contribution in [3.63, 3.8) is 0 Å². The Bertz CT molecular complexity index is 1450. The Balaban J connectivity index is 1.65. The number of carbonyl (C=O) groups excluding carboxylic acids is 2. The minimum Gasteiger partial charge on any atom is -0.466 e. The first-order valence-corrected chi connectivity index (χ1v) is 23.7. The van der Waals surface area contributed by atoms with Gasteiger partial charge in [-0.25, -0.2) is 4.57 Å². The van der Waals surface area contributed by atoms with Crippen molar-refractivity contribution in [3.05, 3.63) is 45.3 Å². The molecule has 2 heterocycles. The lowest BCUT2D eigenvalue weighted by Gasteiger charge is -2.19. The fraction of sp³-hybridized carbons (Fsp3) is 0.778. The SMILES string of the molecule is CCCCCc1oc(CCCCCCCCC(=O)OC[C@H](COP(=O)(O)OCCN)OC(=O)CCCCCCCCc2oc(CCCCC)c(C)c2C)c(C)c1C. The van der Waals surface area contributed by atoms with Crippen LogP contribution in [0.2, 0.25) is 0 Å². The maximum atomic E-state index is 12.7. The van der Waals surface area contributed by atoms with E-state index in [1.54, 1.807) is 0 Å². The zero-order valence-corrected chi connectivity index (χ0v) is 37.4. The zero-order chi connectivity index (χ0) is 41.9. The molecule has 0 radical (unpaired) electrons. The lowest BCUT2D eigenvalue weighted by atomic mass is 10.0. The van der Waals surface area contributed by atoms with Crippen molar-refractivity contribution in [1.82, 2.24) is 0 Å². The number of aryl methyl sites for hydroxylation is 4. The van der Waals surface area contributed by atoms with Gasteiger partial charge in [-0.3, -0.25) is 18.6 Å². The predicted octanol–water partition coefficient (Wildman–Crippen LogP) is 11.4. The van der Waals surface area contributed by atoms with Crippen LogP contribution in [-0.2, 0) is 58.4 Å². The summed E-state index contributed by atoms with van der Waals surface area (Å²) in [4.78, 5) is 35.2. The van der Waals surface area contributed by atoms with E-state index in [-0.39, 0.29) is 32.6 Å². The average Bonchev–Trinajstić information content (AvgIpc) is 3.61. The standard InChI is InChI=1S/C45H78NO10P/c1-7-9-19-25-40-35(3)37(5)42(55-40)27-21-15-11-13-17-23-29-44(47)51-33-39(34-53-57(49,50)52-32-31-46)54-45(48)30-24-18-14-12-16-22-28-43-38(6)36(4)41(56-43)26-20-10-8-2/h39H,7-34,46H2,1-6H3,(H,49,50)/t39-/m1/s1. The third kappa shape index (κ3) is 21.4. The molecule has 0 aliphatic carbocycles. The van der Waals surface area contributed by atoms with E-state index in [9.17, 15) is 19.0 Å². The normalized spacial score (nSPS) is 13.2. The molecule has 0 aliphatic rings. The van der Waals surface area contributed by atoms with E-state index < -0.39 is 32.5 Å². The van der Waals surface area contributed by atoms with Crippen molar-refractivity contribution in [2.24, 2.45) is 5.73 Å². The highest BCUT2D eigenvalue weighted by atomic mass is 31.2. The molecule has 0 amide bonds. The topological polar surface area (TPSA) is 161 Å². The first-order chi connectivity index (χ1) is 27.4. The maximum absolute atomic E-state index is 12.7. The van der Waals surface area contributed by atoms with Crippen LogP contribution in [0.25, 0.3) is 0 Å². The molecule has 0 spiro atoms. The Morgan fingerprint density at radius 3 is 1.39 bits per heavy atom. The van der Waals surface area contributed by atoms with Gasteiger partial charge in [-0.1, -0.05) is 90.9 Å². The molecule has 57 heavy (non-hydrogen) atoms. The van der Waals surface area contributed by atoms with Gasteiger partial charge in [-0.15, -0.1) is 0 Å². The van der Waals surface area contributed by atoms with Crippen LogP contribution >= 0.6 is 7.82 Å². The lowest BCUT2D eigenvalue weighted by Crippen LogP contribution is -2.29. The van der Waals surface area contributed by atoms with E-state index in [4.69, 9.17) is 33.1 Å². The van der Waals surface area contributed by atoms with Gasteiger partial charge in [0.15, 0.2) is 6.10 Å². The number of unbranched alkanes of at least 4 members (excludes halogenated alkanes) is 14. The summed E-state index contributed by atoms with van der Waals surface area (Å²) in [6, 6.07) is 0. The van der Waals surface area contributed by atoms with Crippen LogP contribution in [0.3, 0.4) is 0 Å². The number of ether oxygens (including phenoxy) is 2. The monoisotopic (exact) mass is 824 g/mol. The summed E-state index contributed by atoms with van der Waals surface area (Å²) in [6.07, 6.45) is 22.2. The van der Waals surface area contributed by atoms with Crippen molar-refractivity contribution < 1.29 is 46.4 Å². The van der Waals surface area contributed by atoms with Crippen LogP contribution in [0.15, 0.2) is 8.83 Å². The second-order valence-corrected chi connectivity index (χ2v) is 17.2. The Hall–Kier alpha value is -2.43. The van der Waals surface area contributed by atoms with Gasteiger partial charge in [0.1, 0.15) is 29.6 Å². The van der Waals surface area contributed by atoms with Crippen LogP contribution < -0.4 is 5.73 Å². The third-order valence-electron chi connectivity index (χ3n) is 10.9. The number of hydrogen-bond donors (Lipinski definition) is 2. The number of furan rings is 2. The van der Waals surface area contributed by atoms with Gasteiger partial charge < -0.3 is 28.9 Å². The summed E-state index contributed by atoms with van der Waals surface area (Å²) in [6.45, 7) is 12.2. The minimum atomic E-state index is -4.41. The number of hydrogen-bond acceptors (Lipinski definition) is 10. The van der Waals surface area contributed by atoms with Gasteiger partial charge in [0.25, 0.3) is 0 Å². The molecule has 2 rings (SSSR count). The summed E-state index contributed by atoms with van der Waals surface area (Å²) in [7, 11) is -4.41. The smallest absolute Gasteiger partial charge is 0.466 e. The van der Waals surface area contributed by atoms with E-state index in [1.807, 2.05) is 0 Å². The number of carbonyl (C=O) groups is 2. The van der Waals surface area contributed by atoms with E-state index in [1.165, 1.54) is 60.8 Å². The van der Waals surface area contributed by atoms with Crippen LogP contribution in [0.5, 0.6) is 0 Å². The first-order valence-electron chi connectivity index (χ1n) is 22.2. The molecule has 0 fully saturated rings. The number of esters is 2. The van der Waals surface area contributed by atoms with E-state index in [2.05, 4.69) is 41.5 Å². The largest absolute Gasteiger partial charge is 0.472 e. The minimum absolute atomic E-state index is 0.0394. The maximum Gasteiger partial charge on any atom is 0.472 e. The highest BCUT2D eigenvalue weighted by Gasteiger charge is 2.26. The Labute approximate surface area is 344 Å². The summed E-state index contributed by atoms with van der Waals surface area (Å²) < 4.78 is 45.4. The van der Waals surface area contributed by atoms with Crippen molar-refractivity contribution in [2.45, 2.75) is 202 Å². The Morgan fingerprint density at radius 2 is 0.965 bits per heavy atom. The zero-order valence-electron chi connectivity index (χ0n) is 36.5. The van der Waals surface area contributed by atoms with Crippen molar-refractivity contribution in [2.75, 3.05) is 26.4 Å². The third-order valence-corrected chi connectivity index (χ3v) is 11.9. The van der Waals surface area contributed by atoms with Crippen LogP contribution in [0.1, 0.15) is 188 Å².